The number of nitrogens with two attached hydrogens (primary N) is 3. The molecule has 2 heterocycles. The van der Waals surface area contributed by atoms with Crippen LogP contribution in [0.25, 0.3) is 22.6 Å². The van der Waals surface area contributed by atoms with Gasteiger partial charge in [-0.3, -0.25) is 9.79 Å². The third-order valence-corrected chi connectivity index (χ3v) is 3.55. The average molecular weight is 326 g/mol. The van der Waals surface area contributed by atoms with Gasteiger partial charge in [0.1, 0.15) is 17.0 Å². The van der Waals surface area contributed by atoms with Crippen molar-refractivity contribution in [1.29, 1.82) is 0 Å². The molecule has 3 aromatic rings. The summed E-state index contributed by atoms with van der Waals surface area (Å²) in [5.41, 5.74) is 18.9. The number of benzene rings is 1. The van der Waals surface area contributed by atoms with Gasteiger partial charge in [0.05, 0.1) is 0 Å². The van der Waals surface area contributed by atoms with Crippen LogP contribution in [0, 0.1) is 0 Å². The highest BCUT2D eigenvalue weighted by Crippen LogP contribution is 2.29. The summed E-state index contributed by atoms with van der Waals surface area (Å²) in [5, 5.41) is 0. The number of aromatic nitrogens is 2. The number of rotatable bonds is 5. The number of guanidine groups is 1. The van der Waals surface area contributed by atoms with E-state index in [0.717, 1.165) is 5.56 Å². The van der Waals surface area contributed by atoms with Gasteiger partial charge >= 0.3 is 0 Å². The lowest BCUT2D eigenvalue weighted by atomic mass is 10.1. The molecule has 8 nitrogen and oxygen atoms in total. The molecular weight excluding hydrogens is 308 g/mol. The summed E-state index contributed by atoms with van der Waals surface area (Å²) in [6.07, 6.45) is 1.06. The largest absolute Gasteiger partial charge is 0.436 e. The van der Waals surface area contributed by atoms with E-state index in [4.69, 9.17) is 21.6 Å². The van der Waals surface area contributed by atoms with Gasteiger partial charge in [-0.15, -0.1) is 0 Å². The highest BCUT2D eigenvalue weighted by atomic mass is 16.3. The molecule has 1 aromatic carbocycles. The lowest BCUT2D eigenvalue weighted by Crippen LogP contribution is -2.23. The molecule has 0 aliphatic carbocycles. The molecule has 0 saturated carbocycles. The molecule has 0 amide bonds. The van der Waals surface area contributed by atoms with Crippen molar-refractivity contribution < 1.29 is 4.42 Å². The summed E-state index contributed by atoms with van der Waals surface area (Å²) in [6, 6.07) is 9.06. The van der Waals surface area contributed by atoms with Gasteiger partial charge in [-0.2, -0.15) is 0 Å². The molecule has 0 aliphatic rings. The number of fused-ring (bicyclic) bond motifs is 1. The van der Waals surface area contributed by atoms with E-state index >= 15 is 0 Å². The Hall–Kier alpha value is -3.29. The number of aryl methyl sites for hydroxylation is 1. The number of nitrogens with one attached hydrogen (secondary N) is 1. The van der Waals surface area contributed by atoms with Crippen molar-refractivity contribution in [3.63, 3.8) is 0 Å². The molecule has 0 bridgehead atoms. The average Bonchev–Trinajstić information content (AvgIpc) is 2.94. The van der Waals surface area contributed by atoms with Gasteiger partial charge in [-0.05, 0) is 25.0 Å². The van der Waals surface area contributed by atoms with E-state index in [-0.39, 0.29) is 11.5 Å². The molecule has 0 unspecified atom stereocenters. The van der Waals surface area contributed by atoms with Crippen LogP contribution in [0.1, 0.15) is 12.1 Å². The van der Waals surface area contributed by atoms with Crippen LogP contribution >= 0.6 is 0 Å². The maximum Gasteiger partial charge on any atom is 0.270 e. The molecule has 0 saturated heterocycles. The van der Waals surface area contributed by atoms with E-state index in [1.165, 1.54) is 0 Å². The van der Waals surface area contributed by atoms with Gasteiger partial charge in [0, 0.05) is 23.9 Å². The van der Waals surface area contributed by atoms with E-state index in [1.54, 1.807) is 12.1 Å². The highest BCUT2D eigenvalue weighted by molar-refractivity contribution is 5.81. The molecule has 0 fully saturated rings. The highest BCUT2D eigenvalue weighted by Gasteiger charge is 2.12. The van der Waals surface area contributed by atoms with Gasteiger partial charge in [0.15, 0.2) is 5.96 Å². The van der Waals surface area contributed by atoms with Crippen LogP contribution in [-0.2, 0) is 6.42 Å². The Bertz CT molecular complexity index is 953. The molecule has 24 heavy (non-hydrogen) atoms. The first-order chi connectivity index (χ1) is 11.5. The van der Waals surface area contributed by atoms with Gasteiger partial charge in [0.2, 0.25) is 5.71 Å². The Morgan fingerprint density at radius 1 is 1.29 bits per heavy atom. The maximum atomic E-state index is 12.1. The number of aromatic amines is 1. The van der Waals surface area contributed by atoms with Gasteiger partial charge in [-0.25, -0.2) is 4.98 Å². The number of H-pyrrole nitrogens is 1. The Morgan fingerprint density at radius 3 is 2.83 bits per heavy atom. The zero-order valence-corrected chi connectivity index (χ0v) is 13.0. The number of para-hydroxylation sites is 1. The second-order valence-electron chi connectivity index (χ2n) is 5.34. The number of hydrogen-bond acceptors (Lipinski definition) is 5. The van der Waals surface area contributed by atoms with Crippen molar-refractivity contribution >= 4 is 22.9 Å². The van der Waals surface area contributed by atoms with E-state index in [2.05, 4.69) is 15.0 Å². The summed E-state index contributed by atoms with van der Waals surface area (Å²) < 4.78 is 5.75. The van der Waals surface area contributed by atoms with Crippen LogP contribution in [0.4, 0.5) is 5.69 Å². The van der Waals surface area contributed by atoms with Crippen molar-refractivity contribution in [2.45, 2.75) is 12.8 Å². The topological polar surface area (TPSA) is 149 Å². The number of aliphatic imine (C=N–C) groups is 1. The molecular formula is C16H18N6O2. The number of hydrogen-bond donors (Lipinski definition) is 4. The minimum atomic E-state index is -0.249. The predicted octanol–water partition coefficient (Wildman–Crippen LogP) is 0.971. The monoisotopic (exact) mass is 326 g/mol. The summed E-state index contributed by atoms with van der Waals surface area (Å²) in [5.74, 6) is 0.590. The standard InChI is InChI=1S/C16H18N6O2/c17-10-5-2-1-4-9(10)13-8-12-15(24-13)22-11(14(23)21-12)6-3-7-20-16(18)19/h1-2,4-5,8H,3,6-7,17H2,(H,21,23)(H4,18,19,20). The Labute approximate surface area is 137 Å². The Balaban J connectivity index is 1.89. The minimum Gasteiger partial charge on any atom is -0.436 e. The number of nitrogen functional groups attached to an aromatic ring is 1. The summed E-state index contributed by atoms with van der Waals surface area (Å²) in [4.78, 5) is 23.1. The van der Waals surface area contributed by atoms with E-state index in [1.807, 2.05) is 18.2 Å². The van der Waals surface area contributed by atoms with E-state index in [0.29, 0.717) is 47.8 Å². The van der Waals surface area contributed by atoms with Gasteiger partial charge < -0.3 is 26.6 Å². The SMILES string of the molecule is NC(N)=NCCCc1nc2oc(-c3ccccc3N)cc2[nH]c1=O. The van der Waals surface area contributed by atoms with Crippen LogP contribution in [0.15, 0.2) is 44.5 Å². The summed E-state index contributed by atoms with van der Waals surface area (Å²) in [7, 11) is 0. The van der Waals surface area contributed by atoms with Crippen LogP contribution in [0.3, 0.4) is 0 Å². The van der Waals surface area contributed by atoms with Crippen molar-refractivity contribution in [2.24, 2.45) is 16.5 Å². The third kappa shape index (κ3) is 3.22. The lowest BCUT2D eigenvalue weighted by molar-refractivity contribution is 0.613. The fourth-order valence-electron chi connectivity index (χ4n) is 2.40. The quantitative estimate of drug-likeness (QED) is 0.237. The Morgan fingerprint density at radius 2 is 2.08 bits per heavy atom. The number of furan rings is 1. The van der Waals surface area contributed by atoms with Crippen LogP contribution < -0.4 is 22.8 Å². The molecule has 0 aliphatic heterocycles. The molecule has 8 heteroatoms. The fourth-order valence-corrected chi connectivity index (χ4v) is 2.40. The molecule has 2 aromatic heterocycles. The van der Waals surface area contributed by atoms with Crippen LogP contribution in [0.5, 0.6) is 0 Å². The predicted molar refractivity (Wildman–Crippen MR) is 93.5 cm³/mol. The van der Waals surface area contributed by atoms with Crippen molar-refractivity contribution in [3.05, 3.63) is 46.4 Å². The second-order valence-corrected chi connectivity index (χ2v) is 5.34. The minimum absolute atomic E-state index is 0.0310. The molecule has 124 valence electrons. The first kappa shape index (κ1) is 15.6. The fraction of sp³-hybridized carbons (Fsp3) is 0.188. The summed E-state index contributed by atoms with van der Waals surface area (Å²) in [6.45, 7) is 0.436. The van der Waals surface area contributed by atoms with Crippen LogP contribution in [-0.4, -0.2) is 22.5 Å². The van der Waals surface area contributed by atoms with E-state index in [9.17, 15) is 4.79 Å². The third-order valence-electron chi connectivity index (χ3n) is 3.55. The maximum absolute atomic E-state index is 12.1. The molecule has 3 rings (SSSR count). The lowest BCUT2D eigenvalue weighted by Gasteiger charge is -2.00. The van der Waals surface area contributed by atoms with Crippen molar-refractivity contribution in [3.8, 4) is 11.3 Å². The Kier molecular flexibility index (Phi) is 4.19. The van der Waals surface area contributed by atoms with E-state index < -0.39 is 0 Å². The van der Waals surface area contributed by atoms with Gasteiger partial charge in [-0.1, -0.05) is 12.1 Å². The first-order valence-corrected chi connectivity index (χ1v) is 7.47. The van der Waals surface area contributed by atoms with Crippen LogP contribution in [0.2, 0.25) is 0 Å². The molecule has 0 atom stereocenters. The van der Waals surface area contributed by atoms with Gasteiger partial charge in [0.25, 0.3) is 5.56 Å². The van der Waals surface area contributed by atoms with Crippen molar-refractivity contribution in [1.82, 2.24) is 9.97 Å². The zero-order valence-electron chi connectivity index (χ0n) is 13.0. The molecule has 7 N–H and O–H groups in total. The smallest absolute Gasteiger partial charge is 0.270 e. The second kappa shape index (κ2) is 6.45. The van der Waals surface area contributed by atoms with Crippen molar-refractivity contribution in [2.75, 3.05) is 12.3 Å². The normalized spacial score (nSPS) is 10.8. The first-order valence-electron chi connectivity index (χ1n) is 7.47. The zero-order chi connectivity index (χ0) is 17.1. The number of nitrogens with zero attached hydrogens (tertiary/aromatic N) is 2. The number of anilines is 1. The molecule has 0 spiro atoms. The molecule has 0 radical (unpaired) electrons. The summed E-state index contributed by atoms with van der Waals surface area (Å²) >= 11 is 0.